The number of allylic oxidation sites excluding steroid dienone is 2. The lowest BCUT2D eigenvalue weighted by atomic mass is 10.0. The molecule has 0 bridgehead atoms. The van der Waals surface area contributed by atoms with Gasteiger partial charge in [-0.05, 0) is 61.9 Å². The van der Waals surface area contributed by atoms with Gasteiger partial charge in [0.15, 0.2) is 11.5 Å². The first kappa shape index (κ1) is 17.2. The van der Waals surface area contributed by atoms with Gasteiger partial charge in [0.1, 0.15) is 0 Å². The molecule has 0 saturated heterocycles. The third-order valence-electron chi connectivity index (χ3n) is 3.80. The van der Waals surface area contributed by atoms with Crippen LogP contribution >= 0.6 is 0 Å². The molecule has 0 atom stereocenters. The van der Waals surface area contributed by atoms with Crippen LogP contribution in [0.2, 0.25) is 0 Å². The van der Waals surface area contributed by atoms with Gasteiger partial charge in [-0.15, -0.1) is 0 Å². The Balaban J connectivity index is 3.18. The van der Waals surface area contributed by atoms with Gasteiger partial charge in [0.05, 0.1) is 5.56 Å². The van der Waals surface area contributed by atoms with Crippen molar-refractivity contribution in [1.29, 1.82) is 0 Å². The number of carbonyl (C=O) groups excluding carboxylic acids is 2. The number of hydrogen-bond donors (Lipinski definition) is 0. The molecule has 0 spiro atoms. The quantitative estimate of drug-likeness (QED) is 0.471. The number of carbonyl (C=O) groups is 2. The van der Waals surface area contributed by atoms with Crippen molar-refractivity contribution in [2.75, 3.05) is 0 Å². The minimum atomic E-state index is -0.471. The predicted molar refractivity (Wildman–Crippen MR) is 84.3 cm³/mol. The highest BCUT2D eigenvalue weighted by atomic mass is 16.5. The number of rotatable bonds is 4. The van der Waals surface area contributed by atoms with E-state index in [1.165, 1.54) is 6.92 Å². The fourth-order valence-corrected chi connectivity index (χ4v) is 2.02. The van der Waals surface area contributed by atoms with Crippen molar-refractivity contribution in [1.82, 2.24) is 0 Å². The second-order valence-electron chi connectivity index (χ2n) is 5.86. The van der Waals surface area contributed by atoms with Crippen molar-refractivity contribution in [3.8, 4) is 0 Å². The van der Waals surface area contributed by atoms with Crippen molar-refractivity contribution in [3.05, 3.63) is 45.7 Å². The second-order valence-corrected chi connectivity index (χ2v) is 5.86. The third kappa shape index (κ3) is 4.03. The Morgan fingerprint density at radius 3 is 1.95 bits per heavy atom. The summed E-state index contributed by atoms with van der Waals surface area (Å²) in [5.74, 6) is -0.387. The van der Waals surface area contributed by atoms with Gasteiger partial charge in [0.25, 0.3) is 0 Å². The van der Waals surface area contributed by atoms with Gasteiger partial charge < -0.3 is 4.74 Å². The number of benzene rings is 1. The minimum Gasteiger partial charge on any atom is -0.419 e. The molecular weight excluding hydrogens is 264 g/mol. The summed E-state index contributed by atoms with van der Waals surface area (Å²) in [4.78, 5) is 24.1. The lowest BCUT2D eigenvalue weighted by molar-refractivity contribution is -0.116. The maximum atomic E-state index is 12.4. The highest BCUT2D eigenvalue weighted by Crippen LogP contribution is 2.21. The van der Waals surface area contributed by atoms with Gasteiger partial charge in [-0.3, -0.25) is 4.79 Å². The Bertz CT molecular complexity index is 607. The summed E-state index contributed by atoms with van der Waals surface area (Å²) in [6.07, 6.45) is 0. The van der Waals surface area contributed by atoms with Crippen LogP contribution < -0.4 is 0 Å². The zero-order valence-electron chi connectivity index (χ0n) is 14.0. The smallest absolute Gasteiger partial charge is 0.343 e. The molecule has 0 aliphatic carbocycles. The summed E-state index contributed by atoms with van der Waals surface area (Å²) in [5, 5.41) is 0. The fourth-order valence-electron chi connectivity index (χ4n) is 2.02. The van der Waals surface area contributed by atoms with Crippen LogP contribution in [0.15, 0.2) is 23.5 Å². The van der Waals surface area contributed by atoms with Crippen LogP contribution in [-0.2, 0) is 9.53 Å². The summed E-state index contributed by atoms with van der Waals surface area (Å²) >= 11 is 0. The third-order valence-corrected chi connectivity index (χ3v) is 3.80. The van der Waals surface area contributed by atoms with Crippen molar-refractivity contribution in [2.45, 2.75) is 48.5 Å². The highest BCUT2D eigenvalue weighted by Gasteiger charge is 2.19. The van der Waals surface area contributed by atoms with Crippen LogP contribution in [0.25, 0.3) is 0 Å². The number of Topliss-reactive ketones (excluding diaryl/α,β-unsaturated/α-hetero) is 1. The Kier molecular flexibility index (Phi) is 5.47. The van der Waals surface area contributed by atoms with E-state index in [0.29, 0.717) is 5.56 Å². The van der Waals surface area contributed by atoms with E-state index >= 15 is 0 Å². The van der Waals surface area contributed by atoms with E-state index in [-0.39, 0.29) is 17.5 Å². The Morgan fingerprint density at radius 1 is 0.952 bits per heavy atom. The zero-order valence-corrected chi connectivity index (χ0v) is 14.0. The number of aryl methyl sites for hydroxylation is 3. The Morgan fingerprint density at radius 2 is 1.48 bits per heavy atom. The van der Waals surface area contributed by atoms with E-state index in [1.54, 1.807) is 0 Å². The number of ether oxygens (including phenoxy) is 1. The standard InChI is InChI=1S/C18H24O3/c1-10(2)14(6)17(15(7)19)21-18(20)16-9-12(4)11(3)8-13(16)5/h8-10H,1-7H3/b17-14+. The van der Waals surface area contributed by atoms with Crippen LogP contribution in [0.4, 0.5) is 0 Å². The molecule has 0 unspecified atom stereocenters. The fraction of sp³-hybridized carbons (Fsp3) is 0.444. The van der Waals surface area contributed by atoms with Crippen LogP contribution in [0, 0.1) is 26.7 Å². The molecule has 0 radical (unpaired) electrons. The van der Waals surface area contributed by atoms with E-state index < -0.39 is 5.97 Å². The molecular formula is C18H24O3. The van der Waals surface area contributed by atoms with Crippen molar-refractivity contribution >= 4 is 11.8 Å². The molecule has 114 valence electrons. The molecule has 3 heteroatoms. The summed E-state index contributed by atoms with van der Waals surface area (Å²) in [6.45, 7) is 13.0. The van der Waals surface area contributed by atoms with Gasteiger partial charge in [-0.25, -0.2) is 4.79 Å². The molecule has 0 aromatic heterocycles. The summed E-state index contributed by atoms with van der Waals surface area (Å²) < 4.78 is 5.39. The molecule has 0 aliphatic rings. The first-order valence-electron chi connectivity index (χ1n) is 7.16. The summed E-state index contributed by atoms with van der Waals surface area (Å²) in [6, 6.07) is 3.77. The normalized spacial score (nSPS) is 12.2. The van der Waals surface area contributed by atoms with E-state index in [9.17, 15) is 9.59 Å². The number of esters is 1. The van der Waals surface area contributed by atoms with Crippen LogP contribution in [0.1, 0.15) is 54.7 Å². The molecule has 0 amide bonds. The van der Waals surface area contributed by atoms with Crippen molar-refractivity contribution < 1.29 is 14.3 Å². The summed E-state index contributed by atoms with van der Waals surface area (Å²) in [7, 11) is 0. The van der Waals surface area contributed by atoms with Crippen LogP contribution in [-0.4, -0.2) is 11.8 Å². The topological polar surface area (TPSA) is 43.4 Å². The van der Waals surface area contributed by atoms with Gasteiger partial charge in [0.2, 0.25) is 0 Å². The maximum Gasteiger partial charge on any atom is 0.343 e. The minimum absolute atomic E-state index is 0.151. The molecule has 0 saturated carbocycles. The lowest BCUT2D eigenvalue weighted by Crippen LogP contribution is -2.14. The lowest BCUT2D eigenvalue weighted by Gasteiger charge is -2.14. The first-order chi connectivity index (χ1) is 9.65. The maximum absolute atomic E-state index is 12.4. The average Bonchev–Trinajstić information content (AvgIpc) is 2.38. The van der Waals surface area contributed by atoms with E-state index in [1.807, 2.05) is 53.7 Å². The first-order valence-corrected chi connectivity index (χ1v) is 7.16. The van der Waals surface area contributed by atoms with Crippen LogP contribution in [0.3, 0.4) is 0 Å². The largest absolute Gasteiger partial charge is 0.419 e. The highest BCUT2D eigenvalue weighted by molar-refractivity contribution is 5.99. The van der Waals surface area contributed by atoms with E-state index in [4.69, 9.17) is 4.74 Å². The molecule has 21 heavy (non-hydrogen) atoms. The molecule has 0 aliphatic heterocycles. The SMILES string of the molecule is CC(=O)/C(OC(=O)c1cc(C)c(C)cc1C)=C(/C)C(C)C. The number of ketones is 1. The summed E-state index contributed by atoms with van der Waals surface area (Å²) in [5.41, 5.74) is 4.31. The molecule has 0 N–H and O–H groups in total. The molecule has 1 aromatic rings. The monoisotopic (exact) mass is 288 g/mol. The molecule has 3 nitrogen and oxygen atoms in total. The Labute approximate surface area is 127 Å². The van der Waals surface area contributed by atoms with Gasteiger partial charge in [-0.2, -0.15) is 0 Å². The van der Waals surface area contributed by atoms with E-state index in [2.05, 4.69) is 0 Å². The molecule has 0 heterocycles. The zero-order chi connectivity index (χ0) is 16.3. The van der Waals surface area contributed by atoms with Crippen molar-refractivity contribution in [2.24, 2.45) is 5.92 Å². The van der Waals surface area contributed by atoms with E-state index in [0.717, 1.165) is 22.3 Å². The average molecular weight is 288 g/mol. The second kappa shape index (κ2) is 6.70. The van der Waals surface area contributed by atoms with Crippen LogP contribution in [0.5, 0.6) is 0 Å². The number of hydrogen-bond acceptors (Lipinski definition) is 3. The van der Waals surface area contributed by atoms with Crippen molar-refractivity contribution in [3.63, 3.8) is 0 Å². The molecule has 0 fully saturated rings. The van der Waals surface area contributed by atoms with Gasteiger partial charge >= 0.3 is 5.97 Å². The molecule has 1 aromatic carbocycles. The predicted octanol–water partition coefficient (Wildman–Crippen LogP) is 4.29. The molecule has 1 rings (SSSR count). The Hall–Kier alpha value is -1.90. The van der Waals surface area contributed by atoms with Gasteiger partial charge in [-0.1, -0.05) is 19.9 Å². The van der Waals surface area contributed by atoms with Gasteiger partial charge in [0, 0.05) is 6.92 Å².